The van der Waals surface area contributed by atoms with Crippen molar-refractivity contribution in [1.29, 1.82) is 0 Å². The number of rotatable bonds is 3. The zero-order valence-electron chi connectivity index (χ0n) is 13.0. The summed E-state index contributed by atoms with van der Waals surface area (Å²) in [6.45, 7) is 9.29. The van der Waals surface area contributed by atoms with Gasteiger partial charge < -0.3 is 14.6 Å². The smallest absolute Gasteiger partial charge is 0.508 e. The molecule has 0 aliphatic carbocycles. The summed E-state index contributed by atoms with van der Waals surface area (Å²) in [5, 5.41) is 10.0. The van der Waals surface area contributed by atoms with Crippen LogP contribution >= 0.6 is 22.6 Å². The van der Waals surface area contributed by atoms with Gasteiger partial charge in [-0.05, 0) is 75.3 Å². The van der Waals surface area contributed by atoms with E-state index in [2.05, 4.69) is 22.6 Å². The predicted octanol–water partition coefficient (Wildman–Crippen LogP) is 4.82. The Morgan fingerprint density at radius 2 is 1.95 bits per heavy atom. The van der Waals surface area contributed by atoms with Gasteiger partial charge in [0.15, 0.2) is 5.75 Å². The standard InChI is InChI=1S/C16H21IO4/c1-10(2)6-7-11-8-12(17)14(9-13(11)18)20-15(19)21-16(3,4)5/h6,8-9,18H,7H2,1-5H3. The van der Waals surface area contributed by atoms with Gasteiger partial charge in [0.2, 0.25) is 0 Å². The first-order valence-electron chi connectivity index (χ1n) is 6.64. The Labute approximate surface area is 139 Å². The molecule has 0 heterocycles. The van der Waals surface area contributed by atoms with Gasteiger partial charge in [-0.1, -0.05) is 11.6 Å². The van der Waals surface area contributed by atoms with E-state index in [1.165, 1.54) is 11.6 Å². The minimum atomic E-state index is -0.781. The van der Waals surface area contributed by atoms with Crippen molar-refractivity contribution in [2.24, 2.45) is 0 Å². The van der Waals surface area contributed by atoms with E-state index in [0.29, 0.717) is 12.2 Å². The van der Waals surface area contributed by atoms with Crippen LogP contribution in [0.2, 0.25) is 0 Å². The molecule has 0 saturated heterocycles. The van der Waals surface area contributed by atoms with Crippen LogP contribution in [0, 0.1) is 3.57 Å². The van der Waals surface area contributed by atoms with Gasteiger partial charge >= 0.3 is 6.16 Å². The van der Waals surface area contributed by atoms with Crippen molar-refractivity contribution in [2.45, 2.75) is 46.6 Å². The maximum Gasteiger partial charge on any atom is 0.514 e. The van der Waals surface area contributed by atoms with Gasteiger partial charge in [0.25, 0.3) is 0 Å². The Kier molecular flexibility index (Phi) is 6.07. The van der Waals surface area contributed by atoms with E-state index in [-0.39, 0.29) is 5.75 Å². The number of benzene rings is 1. The molecule has 0 saturated carbocycles. The molecule has 0 aromatic heterocycles. The summed E-state index contributed by atoms with van der Waals surface area (Å²) in [6, 6.07) is 3.24. The summed E-state index contributed by atoms with van der Waals surface area (Å²) in [4.78, 5) is 11.7. The fourth-order valence-electron chi connectivity index (χ4n) is 1.50. The van der Waals surface area contributed by atoms with Crippen LogP contribution in [0.25, 0.3) is 0 Å². The molecule has 1 aromatic rings. The first-order chi connectivity index (χ1) is 9.58. The van der Waals surface area contributed by atoms with Crippen molar-refractivity contribution in [3.05, 3.63) is 32.9 Å². The van der Waals surface area contributed by atoms with Crippen LogP contribution in [0.5, 0.6) is 11.5 Å². The fraction of sp³-hybridized carbons (Fsp3) is 0.438. The first kappa shape index (κ1) is 17.8. The number of phenolic OH excluding ortho intramolecular Hbond substituents is 1. The summed E-state index contributed by atoms with van der Waals surface area (Å²) < 4.78 is 11.0. The third-order valence-corrected chi connectivity index (χ3v) is 3.29. The van der Waals surface area contributed by atoms with Gasteiger partial charge in [0.05, 0.1) is 3.57 Å². The second-order valence-electron chi connectivity index (χ2n) is 5.96. The first-order valence-corrected chi connectivity index (χ1v) is 7.72. The molecule has 1 rings (SSSR count). The Bertz CT molecular complexity index is 552. The second-order valence-corrected chi connectivity index (χ2v) is 7.13. The largest absolute Gasteiger partial charge is 0.514 e. The monoisotopic (exact) mass is 404 g/mol. The highest BCUT2D eigenvalue weighted by atomic mass is 127. The molecule has 0 aliphatic heterocycles. The molecule has 0 bridgehead atoms. The van der Waals surface area contributed by atoms with Crippen molar-refractivity contribution >= 4 is 28.7 Å². The molecular weight excluding hydrogens is 383 g/mol. The number of allylic oxidation sites excluding steroid dienone is 2. The van der Waals surface area contributed by atoms with Gasteiger partial charge in [-0.15, -0.1) is 0 Å². The van der Waals surface area contributed by atoms with E-state index in [1.807, 2.05) is 19.9 Å². The highest BCUT2D eigenvalue weighted by Gasteiger charge is 2.19. The van der Waals surface area contributed by atoms with E-state index < -0.39 is 11.8 Å². The van der Waals surface area contributed by atoms with Gasteiger partial charge in [-0.3, -0.25) is 0 Å². The van der Waals surface area contributed by atoms with E-state index in [0.717, 1.165) is 9.13 Å². The molecule has 1 N–H and O–H groups in total. The zero-order valence-corrected chi connectivity index (χ0v) is 15.1. The molecule has 0 amide bonds. The summed E-state index contributed by atoms with van der Waals surface area (Å²) in [5.41, 5.74) is 1.35. The topological polar surface area (TPSA) is 55.8 Å². The van der Waals surface area contributed by atoms with Crippen LogP contribution in [0.15, 0.2) is 23.8 Å². The van der Waals surface area contributed by atoms with Crippen LogP contribution in [0.1, 0.15) is 40.2 Å². The molecule has 0 radical (unpaired) electrons. The maximum atomic E-state index is 11.7. The molecule has 0 spiro atoms. The number of carbonyl (C=O) groups is 1. The average molecular weight is 404 g/mol. The summed E-state index contributed by atoms with van der Waals surface area (Å²) >= 11 is 2.07. The van der Waals surface area contributed by atoms with Gasteiger partial charge in [-0.25, -0.2) is 4.79 Å². The minimum Gasteiger partial charge on any atom is -0.508 e. The molecule has 21 heavy (non-hydrogen) atoms. The van der Waals surface area contributed by atoms with Gasteiger partial charge in [-0.2, -0.15) is 0 Å². The number of carbonyl (C=O) groups excluding carboxylic acids is 1. The molecule has 5 heteroatoms. The molecule has 0 unspecified atom stereocenters. The highest BCUT2D eigenvalue weighted by molar-refractivity contribution is 14.1. The molecule has 0 aliphatic rings. The molecule has 116 valence electrons. The lowest BCUT2D eigenvalue weighted by molar-refractivity contribution is 0.0204. The van der Waals surface area contributed by atoms with Gasteiger partial charge in [0.1, 0.15) is 11.4 Å². The van der Waals surface area contributed by atoms with E-state index in [1.54, 1.807) is 26.8 Å². The maximum absolute atomic E-state index is 11.7. The third-order valence-electron chi connectivity index (χ3n) is 2.45. The van der Waals surface area contributed by atoms with Crippen LogP contribution in [-0.2, 0) is 11.2 Å². The summed E-state index contributed by atoms with van der Waals surface area (Å²) in [5.74, 6) is 0.398. The van der Waals surface area contributed by atoms with E-state index >= 15 is 0 Å². The SMILES string of the molecule is CC(C)=CCc1cc(I)c(OC(=O)OC(C)(C)C)cc1O. The Balaban J connectivity index is 2.89. The number of hydrogen-bond acceptors (Lipinski definition) is 4. The number of hydrogen-bond donors (Lipinski definition) is 1. The Hall–Kier alpha value is -1.24. The quantitative estimate of drug-likeness (QED) is 0.340. The van der Waals surface area contributed by atoms with Gasteiger partial charge in [0, 0.05) is 6.07 Å². The lowest BCUT2D eigenvalue weighted by atomic mass is 10.1. The molecule has 1 aromatic carbocycles. The zero-order chi connectivity index (χ0) is 16.2. The van der Waals surface area contributed by atoms with Crippen molar-refractivity contribution in [3.63, 3.8) is 0 Å². The highest BCUT2D eigenvalue weighted by Crippen LogP contribution is 2.30. The van der Waals surface area contributed by atoms with Crippen molar-refractivity contribution in [1.82, 2.24) is 0 Å². The lowest BCUT2D eigenvalue weighted by Gasteiger charge is -2.19. The molecule has 0 fully saturated rings. The molecule has 4 nitrogen and oxygen atoms in total. The number of ether oxygens (including phenoxy) is 2. The van der Waals surface area contributed by atoms with E-state index in [9.17, 15) is 9.90 Å². The Morgan fingerprint density at radius 1 is 1.33 bits per heavy atom. The minimum absolute atomic E-state index is 0.103. The Morgan fingerprint density at radius 3 is 2.48 bits per heavy atom. The van der Waals surface area contributed by atoms with Crippen LogP contribution < -0.4 is 4.74 Å². The third kappa shape index (κ3) is 6.37. The predicted molar refractivity (Wildman–Crippen MR) is 90.8 cm³/mol. The van der Waals surface area contributed by atoms with Crippen LogP contribution in [0.3, 0.4) is 0 Å². The van der Waals surface area contributed by atoms with Crippen molar-refractivity contribution in [2.75, 3.05) is 0 Å². The normalized spacial score (nSPS) is 11.0. The van der Waals surface area contributed by atoms with Crippen molar-refractivity contribution in [3.8, 4) is 11.5 Å². The molecule has 0 atom stereocenters. The number of phenols is 1. The van der Waals surface area contributed by atoms with Crippen LogP contribution in [-0.4, -0.2) is 16.9 Å². The van der Waals surface area contributed by atoms with Crippen molar-refractivity contribution < 1.29 is 19.4 Å². The lowest BCUT2D eigenvalue weighted by Crippen LogP contribution is -2.26. The number of halogens is 1. The number of aromatic hydroxyl groups is 1. The van der Waals surface area contributed by atoms with E-state index in [4.69, 9.17) is 9.47 Å². The molecular formula is C16H21IO4. The summed E-state index contributed by atoms with van der Waals surface area (Å²) in [6.07, 6.45) is 1.88. The van der Waals surface area contributed by atoms with Crippen LogP contribution in [0.4, 0.5) is 4.79 Å². The summed E-state index contributed by atoms with van der Waals surface area (Å²) in [7, 11) is 0. The fourth-order valence-corrected chi connectivity index (χ4v) is 2.14. The average Bonchev–Trinajstić information content (AvgIpc) is 2.29. The second kappa shape index (κ2) is 7.15.